The summed E-state index contributed by atoms with van der Waals surface area (Å²) in [6, 6.07) is 7.12. The van der Waals surface area contributed by atoms with E-state index in [0.29, 0.717) is 12.1 Å². The van der Waals surface area contributed by atoms with Gasteiger partial charge in [0.15, 0.2) is 5.58 Å². The highest BCUT2D eigenvalue weighted by Crippen LogP contribution is 2.26. The molecule has 1 unspecified atom stereocenters. The van der Waals surface area contributed by atoms with E-state index in [1.54, 1.807) is 10.8 Å². The van der Waals surface area contributed by atoms with Gasteiger partial charge in [0.25, 0.3) is 0 Å². The van der Waals surface area contributed by atoms with Crippen LogP contribution in [-0.4, -0.2) is 4.57 Å². The van der Waals surface area contributed by atoms with Crippen LogP contribution >= 0.6 is 0 Å². The smallest absolute Gasteiger partial charge is 0.419 e. The number of hydrogen-bond donors (Lipinski definition) is 1. The molecule has 0 spiro atoms. The molecule has 5 nitrogen and oxygen atoms in total. The number of oxazole rings is 1. The number of furan rings is 1. The second kappa shape index (κ2) is 5.26. The first-order valence-electron chi connectivity index (χ1n) is 7.04. The maximum absolute atomic E-state index is 11.8. The lowest BCUT2D eigenvalue weighted by Crippen LogP contribution is -2.13. The van der Waals surface area contributed by atoms with Gasteiger partial charge in [0, 0.05) is 6.54 Å². The van der Waals surface area contributed by atoms with Gasteiger partial charge in [0.2, 0.25) is 0 Å². The first-order valence-corrected chi connectivity index (χ1v) is 7.04. The first kappa shape index (κ1) is 13.7. The van der Waals surface area contributed by atoms with Crippen molar-refractivity contribution in [2.45, 2.75) is 32.9 Å². The zero-order chi connectivity index (χ0) is 15.0. The fraction of sp³-hybridized carbons (Fsp3) is 0.312. The molecule has 0 aliphatic carbocycles. The molecule has 1 aromatic carbocycles. The van der Waals surface area contributed by atoms with Crippen molar-refractivity contribution in [1.29, 1.82) is 0 Å². The molecule has 0 aliphatic rings. The van der Waals surface area contributed by atoms with E-state index in [-0.39, 0.29) is 11.8 Å². The lowest BCUT2D eigenvalue weighted by Gasteiger charge is -2.10. The van der Waals surface area contributed by atoms with Gasteiger partial charge in [0.1, 0.15) is 5.76 Å². The van der Waals surface area contributed by atoms with E-state index in [2.05, 4.69) is 0 Å². The second-order valence-electron chi connectivity index (χ2n) is 5.19. The molecule has 3 aromatic rings. The quantitative estimate of drug-likeness (QED) is 0.800. The van der Waals surface area contributed by atoms with Crippen molar-refractivity contribution in [1.82, 2.24) is 4.57 Å². The summed E-state index contributed by atoms with van der Waals surface area (Å²) < 4.78 is 12.4. The highest BCUT2D eigenvalue weighted by molar-refractivity contribution is 5.74. The van der Waals surface area contributed by atoms with Gasteiger partial charge in [-0.15, -0.1) is 0 Å². The van der Waals surface area contributed by atoms with E-state index in [1.807, 2.05) is 38.1 Å². The van der Waals surface area contributed by atoms with Gasteiger partial charge in [-0.1, -0.05) is 13.0 Å². The molecule has 2 aromatic heterocycles. The predicted molar refractivity (Wildman–Crippen MR) is 80.2 cm³/mol. The third kappa shape index (κ3) is 2.29. The van der Waals surface area contributed by atoms with Gasteiger partial charge in [-0.2, -0.15) is 0 Å². The van der Waals surface area contributed by atoms with E-state index in [9.17, 15) is 4.79 Å². The Morgan fingerprint density at radius 1 is 1.33 bits per heavy atom. The van der Waals surface area contributed by atoms with E-state index >= 15 is 0 Å². The molecule has 0 saturated heterocycles. The Hall–Kier alpha value is -2.27. The molecule has 0 saturated carbocycles. The maximum atomic E-state index is 11.8. The molecule has 2 heterocycles. The first-order chi connectivity index (χ1) is 10.1. The highest BCUT2D eigenvalue weighted by atomic mass is 16.4. The fourth-order valence-electron chi connectivity index (χ4n) is 2.57. The minimum absolute atomic E-state index is 0.327. The van der Waals surface area contributed by atoms with Crippen LogP contribution in [0.2, 0.25) is 0 Å². The molecule has 0 aliphatic heterocycles. The van der Waals surface area contributed by atoms with Crippen molar-refractivity contribution in [3.8, 4) is 0 Å². The average Bonchev–Trinajstić information content (AvgIpc) is 3.02. The molecule has 0 radical (unpaired) electrons. The number of rotatable bonds is 4. The van der Waals surface area contributed by atoms with Crippen LogP contribution in [0.3, 0.4) is 0 Å². The number of aryl methyl sites for hydroxylation is 2. The Morgan fingerprint density at radius 3 is 2.81 bits per heavy atom. The van der Waals surface area contributed by atoms with Crippen LogP contribution in [0.15, 0.2) is 44.2 Å². The van der Waals surface area contributed by atoms with Crippen molar-refractivity contribution in [3.05, 3.63) is 58.0 Å². The topological polar surface area (TPSA) is 74.3 Å². The van der Waals surface area contributed by atoms with Crippen molar-refractivity contribution in [2.24, 2.45) is 5.73 Å². The zero-order valence-electron chi connectivity index (χ0n) is 12.1. The Kier molecular flexibility index (Phi) is 3.43. The van der Waals surface area contributed by atoms with Crippen LogP contribution in [0, 0.1) is 6.92 Å². The summed E-state index contributed by atoms with van der Waals surface area (Å²) in [7, 11) is 0. The van der Waals surface area contributed by atoms with E-state index in [1.165, 1.54) is 0 Å². The molecular weight excluding hydrogens is 268 g/mol. The molecule has 21 heavy (non-hydrogen) atoms. The lowest BCUT2D eigenvalue weighted by atomic mass is 10.0. The monoisotopic (exact) mass is 286 g/mol. The van der Waals surface area contributed by atoms with Gasteiger partial charge in [-0.3, -0.25) is 4.57 Å². The van der Waals surface area contributed by atoms with Crippen molar-refractivity contribution < 1.29 is 8.83 Å². The third-order valence-electron chi connectivity index (χ3n) is 3.68. The molecular formula is C16H18N2O3. The van der Waals surface area contributed by atoms with Gasteiger partial charge in [0.05, 0.1) is 17.8 Å². The lowest BCUT2D eigenvalue weighted by molar-refractivity contribution is 0.486. The summed E-state index contributed by atoms with van der Waals surface area (Å²) >= 11 is 0. The third-order valence-corrected chi connectivity index (χ3v) is 3.68. The largest absolute Gasteiger partial charge is 0.467 e. The van der Waals surface area contributed by atoms with E-state index < -0.39 is 0 Å². The van der Waals surface area contributed by atoms with Gasteiger partial charge >= 0.3 is 5.76 Å². The van der Waals surface area contributed by atoms with Crippen LogP contribution in [0.1, 0.15) is 36.3 Å². The Morgan fingerprint density at radius 2 is 2.14 bits per heavy atom. The fourth-order valence-corrected chi connectivity index (χ4v) is 2.57. The Balaban J connectivity index is 2.06. The molecule has 1 atom stereocenters. The summed E-state index contributed by atoms with van der Waals surface area (Å²) in [4.78, 5) is 11.8. The number of aromatic nitrogens is 1. The van der Waals surface area contributed by atoms with E-state index in [4.69, 9.17) is 14.6 Å². The average molecular weight is 286 g/mol. The molecule has 0 bridgehead atoms. The van der Waals surface area contributed by atoms with Crippen molar-refractivity contribution in [2.75, 3.05) is 0 Å². The SMILES string of the molecule is CCCn1c(=O)oc2cc(C(N)c3occc3C)ccc21. The van der Waals surface area contributed by atoms with Crippen LogP contribution < -0.4 is 11.5 Å². The van der Waals surface area contributed by atoms with Gasteiger partial charge in [-0.05, 0) is 42.7 Å². The normalized spacial score (nSPS) is 12.9. The van der Waals surface area contributed by atoms with Crippen LogP contribution in [-0.2, 0) is 6.54 Å². The number of fused-ring (bicyclic) bond motifs is 1. The predicted octanol–water partition coefficient (Wildman–Crippen LogP) is 2.95. The molecule has 0 fully saturated rings. The minimum atomic E-state index is -0.371. The molecule has 0 amide bonds. The molecule has 110 valence electrons. The van der Waals surface area contributed by atoms with E-state index in [0.717, 1.165) is 28.8 Å². The summed E-state index contributed by atoms with van der Waals surface area (Å²) in [6.45, 7) is 4.62. The Bertz CT molecular complexity index is 826. The summed E-state index contributed by atoms with van der Waals surface area (Å²) in [5.41, 5.74) is 9.46. The molecule has 5 heteroatoms. The molecule has 2 N–H and O–H groups in total. The zero-order valence-corrected chi connectivity index (χ0v) is 12.1. The molecule has 3 rings (SSSR count). The number of benzene rings is 1. The van der Waals surface area contributed by atoms with Crippen molar-refractivity contribution in [3.63, 3.8) is 0 Å². The standard InChI is InChI=1S/C16H18N2O3/c1-3-7-18-12-5-4-11(9-13(12)21-16(18)19)14(17)15-10(2)6-8-20-15/h4-6,8-9,14H,3,7,17H2,1-2H3. The minimum Gasteiger partial charge on any atom is -0.467 e. The number of hydrogen-bond acceptors (Lipinski definition) is 4. The number of nitrogens with zero attached hydrogens (tertiary/aromatic N) is 1. The summed E-state index contributed by atoms with van der Waals surface area (Å²) in [6.07, 6.45) is 2.50. The summed E-state index contributed by atoms with van der Waals surface area (Å²) in [5, 5.41) is 0. The van der Waals surface area contributed by atoms with Crippen LogP contribution in [0.4, 0.5) is 0 Å². The van der Waals surface area contributed by atoms with Crippen LogP contribution in [0.25, 0.3) is 11.1 Å². The van der Waals surface area contributed by atoms with Crippen molar-refractivity contribution >= 4 is 11.1 Å². The van der Waals surface area contributed by atoms with Crippen LogP contribution in [0.5, 0.6) is 0 Å². The highest BCUT2D eigenvalue weighted by Gasteiger charge is 2.17. The summed E-state index contributed by atoms with van der Waals surface area (Å²) in [5.74, 6) is 0.399. The number of nitrogens with two attached hydrogens (primary N) is 1. The second-order valence-corrected chi connectivity index (χ2v) is 5.19. The Labute approximate surface area is 122 Å². The van der Waals surface area contributed by atoms with Gasteiger partial charge in [-0.25, -0.2) is 4.79 Å². The maximum Gasteiger partial charge on any atom is 0.419 e. The van der Waals surface area contributed by atoms with Gasteiger partial charge < -0.3 is 14.6 Å².